The molecule has 0 amide bonds. The fourth-order valence-electron chi connectivity index (χ4n) is 1.05. The number of aromatic nitrogens is 1. The van der Waals surface area contributed by atoms with E-state index in [2.05, 4.69) is 17.0 Å². The number of hydrogen-bond acceptors (Lipinski definition) is 3. The fourth-order valence-corrected chi connectivity index (χ4v) is 1.05. The van der Waals surface area contributed by atoms with Crippen molar-refractivity contribution in [1.82, 2.24) is 4.98 Å². The van der Waals surface area contributed by atoms with Crippen LogP contribution >= 0.6 is 0 Å². The van der Waals surface area contributed by atoms with E-state index >= 15 is 0 Å². The van der Waals surface area contributed by atoms with Gasteiger partial charge in [0.25, 0.3) is 0 Å². The lowest BCUT2D eigenvalue weighted by Gasteiger charge is -2.01. The molecule has 0 fully saturated rings. The van der Waals surface area contributed by atoms with Gasteiger partial charge in [-0.2, -0.15) is 5.10 Å². The lowest BCUT2D eigenvalue weighted by molar-refractivity contribution is 0.981. The van der Waals surface area contributed by atoms with E-state index in [-0.39, 0.29) is 0 Å². The van der Waals surface area contributed by atoms with Gasteiger partial charge in [-0.05, 0) is 12.5 Å². The third kappa shape index (κ3) is 2.05. The summed E-state index contributed by atoms with van der Waals surface area (Å²) in [5.41, 5.74) is 1.94. The molecule has 1 aromatic rings. The highest BCUT2D eigenvalue weighted by Gasteiger charge is 2.00. The van der Waals surface area contributed by atoms with E-state index < -0.39 is 0 Å². The highest BCUT2D eigenvalue weighted by Crippen LogP contribution is 2.03. The van der Waals surface area contributed by atoms with Gasteiger partial charge in [-0.1, -0.05) is 19.4 Å². The first kappa shape index (κ1) is 8.71. The van der Waals surface area contributed by atoms with Crippen molar-refractivity contribution in [2.45, 2.75) is 19.8 Å². The van der Waals surface area contributed by atoms with Gasteiger partial charge in [0.2, 0.25) is 0 Å². The van der Waals surface area contributed by atoms with Crippen molar-refractivity contribution in [2.75, 3.05) is 0 Å². The Morgan fingerprint density at radius 3 is 3.00 bits per heavy atom. The highest BCUT2D eigenvalue weighted by atomic mass is 15.1. The Morgan fingerprint density at radius 2 is 2.50 bits per heavy atom. The zero-order valence-corrected chi connectivity index (χ0v) is 7.20. The van der Waals surface area contributed by atoms with E-state index in [1.54, 1.807) is 12.4 Å². The molecule has 3 heteroatoms. The van der Waals surface area contributed by atoms with Gasteiger partial charge in [0, 0.05) is 18.0 Å². The summed E-state index contributed by atoms with van der Waals surface area (Å²) in [4.78, 5) is 4.00. The summed E-state index contributed by atoms with van der Waals surface area (Å²) < 4.78 is 0. The number of hydrogen-bond donors (Lipinski definition) is 1. The molecular formula is C9H13N3. The zero-order chi connectivity index (χ0) is 8.81. The van der Waals surface area contributed by atoms with Crippen LogP contribution in [-0.4, -0.2) is 10.7 Å². The van der Waals surface area contributed by atoms with Crippen LogP contribution in [0.3, 0.4) is 0 Å². The molecular weight excluding hydrogens is 150 g/mol. The standard InChI is InChI=1S/C9H13N3/c1-2-4-9(12-10)8-5-3-6-11-7-8/h3,5-7H,2,4,10H2,1H3/b12-9-. The minimum atomic E-state index is 0.905. The van der Waals surface area contributed by atoms with Gasteiger partial charge in [0.1, 0.15) is 0 Å². The van der Waals surface area contributed by atoms with Gasteiger partial charge in [-0.15, -0.1) is 0 Å². The molecule has 0 radical (unpaired) electrons. The first-order valence-electron chi connectivity index (χ1n) is 4.05. The molecule has 0 spiro atoms. The van der Waals surface area contributed by atoms with Crippen LogP contribution in [-0.2, 0) is 0 Å². The quantitative estimate of drug-likeness (QED) is 0.417. The number of hydrazone groups is 1. The maximum absolute atomic E-state index is 5.25. The smallest absolute Gasteiger partial charge is 0.0688 e. The van der Waals surface area contributed by atoms with Crippen LogP contribution in [0.2, 0.25) is 0 Å². The van der Waals surface area contributed by atoms with Crippen LogP contribution in [0.25, 0.3) is 0 Å². The summed E-state index contributed by atoms with van der Waals surface area (Å²) in [5, 5.41) is 3.72. The number of nitrogens with zero attached hydrogens (tertiary/aromatic N) is 2. The normalized spacial score (nSPS) is 11.6. The Hall–Kier alpha value is -1.38. The van der Waals surface area contributed by atoms with Crippen LogP contribution in [0.1, 0.15) is 25.3 Å². The van der Waals surface area contributed by atoms with Crippen molar-refractivity contribution >= 4 is 5.71 Å². The van der Waals surface area contributed by atoms with Crippen molar-refractivity contribution in [3.63, 3.8) is 0 Å². The molecule has 0 aliphatic carbocycles. The van der Waals surface area contributed by atoms with Gasteiger partial charge in [-0.3, -0.25) is 4.98 Å². The van der Waals surface area contributed by atoms with Crippen LogP contribution < -0.4 is 5.84 Å². The molecule has 0 aromatic carbocycles. The van der Waals surface area contributed by atoms with Gasteiger partial charge in [0.05, 0.1) is 5.71 Å². The number of pyridine rings is 1. The van der Waals surface area contributed by atoms with Crippen molar-refractivity contribution in [3.05, 3.63) is 30.1 Å². The fraction of sp³-hybridized carbons (Fsp3) is 0.333. The summed E-state index contributed by atoms with van der Waals surface area (Å²) >= 11 is 0. The largest absolute Gasteiger partial charge is 0.323 e. The number of nitrogens with two attached hydrogens (primary N) is 1. The Bertz CT molecular complexity index is 254. The Kier molecular flexibility index (Phi) is 3.26. The average Bonchev–Trinajstić information content (AvgIpc) is 2.15. The second-order valence-electron chi connectivity index (χ2n) is 2.57. The van der Waals surface area contributed by atoms with Gasteiger partial charge in [-0.25, -0.2) is 0 Å². The minimum Gasteiger partial charge on any atom is -0.323 e. The van der Waals surface area contributed by atoms with Crippen LogP contribution in [0.4, 0.5) is 0 Å². The van der Waals surface area contributed by atoms with Crippen molar-refractivity contribution in [3.8, 4) is 0 Å². The van der Waals surface area contributed by atoms with Crippen molar-refractivity contribution < 1.29 is 0 Å². The van der Waals surface area contributed by atoms with Crippen LogP contribution in [0, 0.1) is 0 Å². The third-order valence-corrected chi connectivity index (χ3v) is 1.64. The molecule has 0 saturated heterocycles. The second kappa shape index (κ2) is 4.49. The first-order chi connectivity index (χ1) is 5.88. The van der Waals surface area contributed by atoms with E-state index in [0.717, 1.165) is 24.1 Å². The minimum absolute atomic E-state index is 0.905. The summed E-state index contributed by atoms with van der Waals surface area (Å²) in [6, 6.07) is 3.85. The predicted octanol–water partition coefficient (Wildman–Crippen LogP) is 1.54. The molecule has 0 unspecified atom stereocenters. The molecule has 0 aliphatic heterocycles. The maximum Gasteiger partial charge on any atom is 0.0688 e. The van der Waals surface area contributed by atoms with Gasteiger partial charge >= 0.3 is 0 Å². The molecule has 1 aromatic heterocycles. The van der Waals surface area contributed by atoms with Gasteiger partial charge < -0.3 is 5.84 Å². The summed E-state index contributed by atoms with van der Waals surface area (Å²) in [6.45, 7) is 2.10. The monoisotopic (exact) mass is 163 g/mol. The number of rotatable bonds is 3. The van der Waals surface area contributed by atoms with E-state index in [0.29, 0.717) is 0 Å². The summed E-state index contributed by atoms with van der Waals surface area (Å²) in [5.74, 6) is 5.25. The van der Waals surface area contributed by atoms with E-state index in [4.69, 9.17) is 5.84 Å². The predicted molar refractivity (Wildman–Crippen MR) is 49.9 cm³/mol. The van der Waals surface area contributed by atoms with E-state index in [9.17, 15) is 0 Å². The zero-order valence-electron chi connectivity index (χ0n) is 7.20. The molecule has 2 N–H and O–H groups in total. The molecule has 64 valence electrons. The molecule has 12 heavy (non-hydrogen) atoms. The lowest BCUT2D eigenvalue weighted by atomic mass is 10.1. The van der Waals surface area contributed by atoms with Crippen molar-refractivity contribution in [2.24, 2.45) is 10.9 Å². The average molecular weight is 163 g/mol. The SMILES string of the molecule is CCC/C(=N/N)c1cccnc1. The summed E-state index contributed by atoms with van der Waals surface area (Å²) in [7, 11) is 0. The second-order valence-corrected chi connectivity index (χ2v) is 2.57. The highest BCUT2D eigenvalue weighted by molar-refractivity contribution is 6.00. The van der Waals surface area contributed by atoms with Crippen molar-refractivity contribution in [1.29, 1.82) is 0 Å². The maximum atomic E-state index is 5.25. The molecule has 1 heterocycles. The first-order valence-corrected chi connectivity index (χ1v) is 4.05. The topological polar surface area (TPSA) is 51.3 Å². The Morgan fingerprint density at radius 1 is 1.67 bits per heavy atom. The van der Waals surface area contributed by atoms with E-state index in [1.807, 2.05) is 12.1 Å². The lowest BCUT2D eigenvalue weighted by Crippen LogP contribution is -2.03. The van der Waals surface area contributed by atoms with E-state index in [1.165, 1.54) is 0 Å². The van der Waals surface area contributed by atoms with Gasteiger partial charge in [0.15, 0.2) is 0 Å². The molecule has 0 aliphatic rings. The third-order valence-electron chi connectivity index (χ3n) is 1.64. The Balaban J connectivity index is 2.82. The molecule has 1 rings (SSSR count). The van der Waals surface area contributed by atoms with Crippen LogP contribution in [0.5, 0.6) is 0 Å². The molecule has 0 bridgehead atoms. The molecule has 0 atom stereocenters. The summed E-state index contributed by atoms with van der Waals surface area (Å²) in [6.07, 6.45) is 5.47. The Labute approximate surface area is 72.3 Å². The van der Waals surface area contributed by atoms with Crippen LogP contribution in [0.15, 0.2) is 29.6 Å². The molecule has 3 nitrogen and oxygen atoms in total. The molecule has 0 saturated carbocycles.